The van der Waals surface area contributed by atoms with Gasteiger partial charge in [0.05, 0.1) is 0 Å². The average molecular weight is 271 g/mol. The Morgan fingerprint density at radius 2 is 1.65 bits per heavy atom. The second-order valence-corrected chi connectivity index (χ2v) is 6.68. The predicted octanol–water partition coefficient (Wildman–Crippen LogP) is 4.32. The molecule has 2 rings (SSSR count). The van der Waals surface area contributed by atoms with Crippen LogP contribution in [-0.4, -0.2) is 9.55 Å². The van der Waals surface area contributed by atoms with Crippen LogP contribution in [0.4, 0.5) is 5.82 Å². The summed E-state index contributed by atoms with van der Waals surface area (Å²) < 4.78 is 2.10. The Balaban J connectivity index is 2.49. The molecule has 1 heterocycles. The van der Waals surface area contributed by atoms with Gasteiger partial charge in [0.2, 0.25) is 0 Å². The SMILES string of the molecule is Cc1nc(-c2ccc(C(C)C)cc2)c(N)n1C(C)(C)C. The number of nitrogens with two attached hydrogens (primary N) is 1. The topological polar surface area (TPSA) is 43.8 Å². The zero-order valence-electron chi connectivity index (χ0n) is 13.4. The molecule has 108 valence electrons. The first kappa shape index (κ1) is 14.6. The summed E-state index contributed by atoms with van der Waals surface area (Å²) in [6.07, 6.45) is 0. The van der Waals surface area contributed by atoms with E-state index in [0.717, 1.165) is 22.9 Å². The minimum Gasteiger partial charge on any atom is -0.383 e. The van der Waals surface area contributed by atoms with Crippen LogP contribution in [-0.2, 0) is 5.54 Å². The third kappa shape index (κ3) is 2.58. The van der Waals surface area contributed by atoms with Gasteiger partial charge in [-0.25, -0.2) is 4.98 Å². The van der Waals surface area contributed by atoms with Crippen LogP contribution in [0.2, 0.25) is 0 Å². The van der Waals surface area contributed by atoms with E-state index in [1.54, 1.807) is 0 Å². The van der Waals surface area contributed by atoms with Crippen LogP contribution in [0, 0.1) is 6.92 Å². The molecule has 0 fully saturated rings. The molecule has 0 bridgehead atoms. The van der Waals surface area contributed by atoms with E-state index in [-0.39, 0.29) is 5.54 Å². The number of aryl methyl sites for hydroxylation is 1. The molecule has 0 amide bonds. The van der Waals surface area contributed by atoms with E-state index in [1.807, 2.05) is 6.92 Å². The molecule has 0 unspecified atom stereocenters. The van der Waals surface area contributed by atoms with Crippen LogP contribution in [0.1, 0.15) is 51.9 Å². The Hall–Kier alpha value is -1.77. The van der Waals surface area contributed by atoms with Crippen molar-refractivity contribution in [3.05, 3.63) is 35.7 Å². The maximum absolute atomic E-state index is 6.32. The van der Waals surface area contributed by atoms with E-state index in [0.29, 0.717) is 5.92 Å². The van der Waals surface area contributed by atoms with Gasteiger partial charge in [-0.3, -0.25) is 0 Å². The summed E-state index contributed by atoms with van der Waals surface area (Å²) in [6.45, 7) is 12.8. The van der Waals surface area contributed by atoms with Gasteiger partial charge < -0.3 is 10.3 Å². The van der Waals surface area contributed by atoms with E-state index in [4.69, 9.17) is 5.73 Å². The van der Waals surface area contributed by atoms with Gasteiger partial charge in [-0.05, 0) is 39.2 Å². The third-order valence-electron chi connectivity index (χ3n) is 3.60. The predicted molar refractivity (Wildman–Crippen MR) is 85.9 cm³/mol. The molecule has 2 N–H and O–H groups in total. The molecule has 3 nitrogen and oxygen atoms in total. The first-order valence-electron chi connectivity index (χ1n) is 7.17. The minimum absolute atomic E-state index is 0.0582. The van der Waals surface area contributed by atoms with Crippen molar-refractivity contribution in [3.8, 4) is 11.3 Å². The Morgan fingerprint density at radius 1 is 1.10 bits per heavy atom. The lowest BCUT2D eigenvalue weighted by atomic mass is 10.0. The molecule has 0 saturated carbocycles. The van der Waals surface area contributed by atoms with Gasteiger partial charge in [0, 0.05) is 11.1 Å². The van der Waals surface area contributed by atoms with Crippen molar-refractivity contribution in [2.45, 2.75) is 53.0 Å². The monoisotopic (exact) mass is 271 g/mol. The van der Waals surface area contributed by atoms with E-state index in [1.165, 1.54) is 5.56 Å². The molecule has 0 aliphatic heterocycles. The van der Waals surface area contributed by atoms with Gasteiger partial charge in [-0.2, -0.15) is 0 Å². The highest BCUT2D eigenvalue weighted by Crippen LogP contribution is 2.31. The van der Waals surface area contributed by atoms with Crippen molar-refractivity contribution < 1.29 is 0 Å². The number of benzene rings is 1. The first-order valence-corrected chi connectivity index (χ1v) is 7.17. The van der Waals surface area contributed by atoms with Crippen molar-refractivity contribution >= 4 is 5.82 Å². The van der Waals surface area contributed by atoms with Gasteiger partial charge in [-0.1, -0.05) is 38.1 Å². The number of anilines is 1. The molecule has 1 aromatic carbocycles. The highest BCUT2D eigenvalue weighted by atomic mass is 15.2. The van der Waals surface area contributed by atoms with E-state index in [9.17, 15) is 0 Å². The van der Waals surface area contributed by atoms with Gasteiger partial charge >= 0.3 is 0 Å². The van der Waals surface area contributed by atoms with Crippen LogP contribution in [0.15, 0.2) is 24.3 Å². The molecule has 0 saturated heterocycles. The highest BCUT2D eigenvalue weighted by molar-refractivity contribution is 5.71. The zero-order chi connectivity index (χ0) is 15.1. The van der Waals surface area contributed by atoms with Gasteiger partial charge in [0.1, 0.15) is 17.3 Å². The Labute approximate surface area is 121 Å². The molecule has 20 heavy (non-hydrogen) atoms. The number of aromatic nitrogens is 2. The quantitative estimate of drug-likeness (QED) is 0.884. The minimum atomic E-state index is -0.0582. The van der Waals surface area contributed by atoms with Crippen molar-refractivity contribution in [2.75, 3.05) is 5.73 Å². The summed E-state index contributed by atoms with van der Waals surface area (Å²) >= 11 is 0. The smallest absolute Gasteiger partial charge is 0.132 e. The second-order valence-electron chi connectivity index (χ2n) is 6.68. The van der Waals surface area contributed by atoms with Gasteiger partial charge in [0.25, 0.3) is 0 Å². The number of nitrogens with zero attached hydrogens (tertiary/aromatic N) is 2. The standard InChI is InChI=1S/C17H25N3/c1-11(2)13-7-9-14(10-8-13)15-16(18)20(12(3)19-15)17(4,5)6/h7-11H,18H2,1-6H3. The molecule has 1 aromatic heterocycles. The molecular formula is C17H25N3. The fraction of sp³-hybridized carbons (Fsp3) is 0.471. The fourth-order valence-corrected chi connectivity index (χ4v) is 2.63. The molecule has 0 aliphatic carbocycles. The molecule has 0 aliphatic rings. The number of hydrogen-bond donors (Lipinski definition) is 1. The number of imidazole rings is 1. The van der Waals surface area contributed by atoms with Gasteiger partial charge in [-0.15, -0.1) is 0 Å². The van der Waals surface area contributed by atoms with Crippen molar-refractivity contribution in [3.63, 3.8) is 0 Å². The first-order chi connectivity index (χ1) is 9.21. The maximum Gasteiger partial charge on any atom is 0.132 e. The molecule has 2 aromatic rings. The third-order valence-corrected chi connectivity index (χ3v) is 3.60. The van der Waals surface area contributed by atoms with Crippen molar-refractivity contribution in [1.82, 2.24) is 9.55 Å². The lowest BCUT2D eigenvalue weighted by molar-refractivity contribution is 0.393. The van der Waals surface area contributed by atoms with Crippen LogP contribution in [0.5, 0.6) is 0 Å². The molecule has 3 heteroatoms. The lowest BCUT2D eigenvalue weighted by Gasteiger charge is -2.24. The second kappa shape index (κ2) is 4.97. The molecule has 0 spiro atoms. The summed E-state index contributed by atoms with van der Waals surface area (Å²) in [6, 6.07) is 8.54. The van der Waals surface area contributed by atoms with Crippen LogP contribution >= 0.6 is 0 Å². The molecule has 0 radical (unpaired) electrons. The van der Waals surface area contributed by atoms with Gasteiger partial charge in [0.15, 0.2) is 0 Å². The summed E-state index contributed by atoms with van der Waals surface area (Å²) in [7, 11) is 0. The Morgan fingerprint density at radius 3 is 2.05 bits per heavy atom. The Bertz CT molecular complexity index is 598. The van der Waals surface area contributed by atoms with Crippen molar-refractivity contribution in [2.24, 2.45) is 0 Å². The molecular weight excluding hydrogens is 246 g/mol. The average Bonchev–Trinajstić information content (AvgIpc) is 2.64. The lowest BCUT2D eigenvalue weighted by Crippen LogP contribution is -2.24. The summed E-state index contributed by atoms with van der Waals surface area (Å²) in [5.74, 6) is 2.24. The Kier molecular flexibility index (Phi) is 3.63. The fourth-order valence-electron chi connectivity index (χ4n) is 2.63. The van der Waals surface area contributed by atoms with Crippen molar-refractivity contribution in [1.29, 1.82) is 0 Å². The number of hydrogen-bond acceptors (Lipinski definition) is 2. The largest absolute Gasteiger partial charge is 0.383 e. The van der Waals surface area contributed by atoms with Crippen LogP contribution in [0.3, 0.4) is 0 Å². The number of nitrogen functional groups attached to an aromatic ring is 1. The van der Waals surface area contributed by atoms with E-state index >= 15 is 0 Å². The molecule has 0 atom stereocenters. The normalized spacial score (nSPS) is 12.2. The van der Waals surface area contributed by atoms with E-state index < -0.39 is 0 Å². The summed E-state index contributed by atoms with van der Waals surface area (Å²) in [4.78, 5) is 4.66. The summed E-state index contributed by atoms with van der Waals surface area (Å²) in [5.41, 5.74) is 9.56. The summed E-state index contributed by atoms with van der Waals surface area (Å²) in [5, 5.41) is 0. The highest BCUT2D eigenvalue weighted by Gasteiger charge is 2.22. The van der Waals surface area contributed by atoms with E-state index in [2.05, 4.69) is 68.4 Å². The van der Waals surface area contributed by atoms with Crippen LogP contribution in [0.25, 0.3) is 11.3 Å². The maximum atomic E-state index is 6.32. The zero-order valence-corrected chi connectivity index (χ0v) is 13.4. The number of rotatable bonds is 2. The van der Waals surface area contributed by atoms with Crippen LogP contribution < -0.4 is 5.73 Å².